The van der Waals surface area contributed by atoms with Crippen molar-refractivity contribution in [2.45, 2.75) is 10.8 Å². The van der Waals surface area contributed by atoms with Gasteiger partial charge in [0.1, 0.15) is 0 Å². The van der Waals surface area contributed by atoms with Gasteiger partial charge < -0.3 is 0 Å². The number of hydrogen-bond donors (Lipinski definition) is 1. The van der Waals surface area contributed by atoms with Crippen molar-refractivity contribution in [3.8, 4) is 0 Å². The van der Waals surface area contributed by atoms with E-state index in [1.807, 2.05) is 0 Å². The number of thiol groups is 1. The summed E-state index contributed by atoms with van der Waals surface area (Å²) in [6.45, 7) is 0. The number of benzene rings is 1. The molecule has 11 heavy (non-hydrogen) atoms. The molecule has 0 aromatic heterocycles. The van der Waals surface area contributed by atoms with E-state index < -0.39 is 0 Å². The standard InChI is InChI=1S/C9H13ClS/c1-11(2)9-5-3-8(7-10)4-6-9/h3-6,11H,7H2,1-2H3. The fourth-order valence-electron chi connectivity index (χ4n) is 0.883. The predicted octanol–water partition coefficient (Wildman–Crippen LogP) is 3.05. The highest BCUT2D eigenvalue weighted by Crippen LogP contribution is 2.27. The molecule has 0 saturated carbocycles. The van der Waals surface area contributed by atoms with Crippen LogP contribution in [-0.4, -0.2) is 12.5 Å². The molecule has 0 spiro atoms. The van der Waals surface area contributed by atoms with Gasteiger partial charge in [-0.1, -0.05) is 24.3 Å². The number of rotatable bonds is 2. The maximum absolute atomic E-state index is 5.66. The molecule has 0 bridgehead atoms. The molecule has 0 radical (unpaired) electrons. The summed E-state index contributed by atoms with van der Waals surface area (Å²) < 4.78 is 0. The van der Waals surface area contributed by atoms with Crippen molar-refractivity contribution in [2.75, 3.05) is 12.5 Å². The summed E-state index contributed by atoms with van der Waals surface area (Å²) >= 11 is 5.66. The van der Waals surface area contributed by atoms with Crippen molar-refractivity contribution >= 4 is 22.5 Å². The maximum Gasteiger partial charge on any atom is 0.0474 e. The van der Waals surface area contributed by atoms with Crippen molar-refractivity contribution in [2.24, 2.45) is 0 Å². The van der Waals surface area contributed by atoms with Crippen LogP contribution in [0, 0.1) is 0 Å². The molecular weight excluding hydrogens is 176 g/mol. The van der Waals surface area contributed by atoms with Crippen molar-refractivity contribution in [1.29, 1.82) is 0 Å². The van der Waals surface area contributed by atoms with E-state index in [4.69, 9.17) is 11.6 Å². The van der Waals surface area contributed by atoms with Crippen molar-refractivity contribution < 1.29 is 0 Å². The Morgan fingerprint density at radius 2 is 1.73 bits per heavy atom. The summed E-state index contributed by atoms with van der Waals surface area (Å²) in [5.41, 5.74) is 1.20. The molecule has 62 valence electrons. The maximum atomic E-state index is 5.66. The summed E-state index contributed by atoms with van der Waals surface area (Å²) in [7, 11) is 0.0439. The molecule has 0 aliphatic rings. The largest absolute Gasteiger partial charge is 0.233 e. The van der Waals surface area contributed by atoms with Crippen LogP contribution in [-0.2, 0) is 5.88 Å². The van der Waals surface area contributed by atoms with Gasteiger partial charge in [0.25, 0.3) is 0 Å². The molecule has 1 aromatic carbocycles. The van der Waals surface area contributed by atoms with E-state index in [2.05, 4.69) is 36.8 Å². The number of hydrogen-bond acceptors (Lipinski definition) is 0. The molecule has 0 saturated heterocycles. The van der Waals surface area contributed by atoms with Gasteiger partial charge in [-0.2, -0.15) is 0 Å². The third kappa shape index (κ3) is 2.42. The Morgan fingerprint density at radius 3 is 2.09 bits per heavy atom. The van der Waals surface area contributed by atoms with Gasteiger partial charge in [-0.05, 0) is 23.0 Å². The van der Waals surface area contributed by atoms with Crippen LogP contribution in [0.25, 0.3) is 0 Å². The highest BCUT2D eigenvalue weighted by atomic mass is 35.5. The van der Waals surface area contributed by atoms with Crippen molar-refractivity contribution in [3.63, 3.8) is 0 Å². The van der Waals surface area contributed by atoms with Gasteiger partial charge in [-0.25, -0.2) is 10.9 Å². The van der Waals surface area contributed by atoms with E-state index in [1.165, 1.54) is 10.5 Å². The number of halogens is 1. The molecule has 0 amide bonds. The van der Waals surface area contributed by atoms with E-state index in [0.717, 1.165) is 0 Å². The SMILES string of the molecule is C[SH](C)c1ccc(CCl)cc1. The summed E-state index contributed by atoms with van der Waals surface area (Å²) in [6.07, 6.45) is 4.51. The Kier molecular flexibility index (Phi) is 3.28. The summed E-state index contributed by atoms with van der Waals surface area (Å²) in [5.74, 6) is 0.617. The fourth-order valence-corrected chi connectivity index (χ4v) is 1.81. The van der Waals surface area contributed by atoms with Crippen LogP contribution in [0.1, 0.15) is 5.56 Å². The van der Waals surface area contributed by atoms with Gasteiger partial charge >= 0.3 is 0 Å². The van der Waals surface area contributed by atoms with Gasteiger partial charge in [-0.15, -0.1) is 11.6 Å². The first-order valence-corrected chi connectivity index (χ1v) is 6.33. The quantitative estimate of drug-likeness (QED) is 0.536. The first-order valence-electron chi connectivity index (χ1n) is 3.56. The van der Waals surface area contributed by atoms with E-state index in [9.17, 15) is 0 Å². The molecule has 0 unspecified atom stereocenters. The Bertz CT molecular complexity index is 216. The number of alkyl halides is 1. The molecule has 0 aliphatic heterocycles. The van der Waals surface area contributed by atoms with Crippen LogP contribution < -0.4 is 0 Å². The van der Waals surface area contributed by atoms with E-state index in [1.54, 1.807) is 0 Å². The molecule has 1 rings (SSSR count). The Labute approximate surface area is 75.9 Å². The topological polar surface area (TPSA) is 0 Å². The van der Waals surface area contributed by atoms with Gasteiger partial charge in [0.15, 0.2) is 0 Å². The lowest BCUT2D eigenvalue weighted by Crippen LogP contribution is -1.80. The van der Waals surface area contributed by atoms with Gasteiger partial charge in [0.2, 0.25) is 0 Å². The third-order valence-electron chi connectivity index (χ3n) is 1.61. The van der Waals surface area contributed by atoms with E-state index in [0.29, 0.717) is 5.88 Å². The monoisotopic (exact) mass is 188 g/mol. The second-order valence-corrected chi connectivity index (χ2v) is 5.27. The Hall–Kier alpha value is -0.140. The minimum Gasteiger partial charge on any atom is -0.233 e. The lowest BCUT2D eigenvalue weighted by atomic mass is 10.2. The minimum absolute atomic E-state index is 0.0439. The Morgan fingerprint density at radius 1 is 1.18 bits per heavy atom. The zero-order valence-electron chi connectivity index (χ0n) is 6.84. The molecule has 0 fully saturated rings. The lowest BCUT2D eigenvalue weighted by molar-refractivity contribution is 1.34. The Balaban J connectivity index is 2.83. The van der Waals surface area contributed by atoms with Gasteiger partial charge in [0, 0.05) is 5.88 Å². The zero-order chi connectivity index (χ0) is 8.27. The molecule has 0 atom stereocenters. The first kappa shape index (κ1) is 8.95. The smallest absolute Gasteiger partial charge is 0.0474 e. The van der Waals surface area contributed by atoms with E-state index in [-0.39, 0.29) is 10.9 Å². The highest BCUT2D eigenvalue weighted by molar-refractivity contribution is 8.15. The van der Waals surface area contributed by atoms with Crippen LogP contribution in [0.3, 0.4) is 0 Å². The molecule has 1 aromatic rings. The zero-order valence-corrected chi connectivity index (χ0v) is 8.49. The average Bonchev–Trinajstić information content (AvgIpc) is 2.05. The van der Waals surface area contributed by atoms with Crippen molar-refractivity contribution in [3.05, 3.63) is 29.8 Å². The predicted molar refractivity (Wildman–Crippen MR) is 55.1 cm³/mol. The second kappa shape index (κ2) is 4.03. The normalized spacial score (nSPS) is 11.4. The van der Waals surface area contributed by atoms with Crippen LogP contribution in [0.5, 0.6) is 0 Å². The van der Waals surface area contributed by atoms with Gasteiger partial charge in [0.05, 0.1) is 0 Å². The lowest BCUT2D eigenvalue weighted by Gasteiger charge is -2.08. The van der Waals surface area contributed by atoms with Gasteiger partial charge in [-0.3, -0.25) is 0 Å². The average molecular weight is 189 g/mol. The summed E-state index contributed by atoms with van der Waals surface area (Å²) in [6, 6.07) is 8.54. The highest BCUT2D eigenvalue weighted by Gasteiger charge is 1.94. The van der Waals surface area contributed by atoms with Crippen LogP contribution in [0.2, 0.25) is 0 Å². The van der Waals surface area contributed by atoms with Crippen LogP contribution in [0.4, 0.5) is 0 Å². The minimum atomic E-state index is 0.0439. The molecule has 0 N–H and O–H groups in total. The molecule has 0 nitrogen and oxygen atoms in total. The summed E-state index contributed by atoms with van der Waals surface area (Å²) in [4.78, 5) is 1.44. The molecular formula is C9H13ClS. The summed E-state index contributed by atoms with van der Waals surface area (Å²) in [5, 5.41) is 0. The third-order valence-corrected chi connectivity index (χ3v) is 3.25. The van der Waals surface area contributed by atoms with Crippen LogP contribution in [0.15, 0.2) is 29.2 Å². The fraction of sp³-hybridized carbons (Fsp3) is 0.333. The van der Waals surface area contributed by atoms with Crippen LogP contribution >= 0.6 is 22.5 Å². The van der Waals surface area contributed by atoms with E-state index >= 15 is 0 Å². The molecule has 0 heterocycles. The second-order valence-electron chi connectivity index (χ2n) is 2.69. The first-order chi connectivity index (χ1) is 5.24. The molecule has 2 heteroatoms. The molecule has 0 aliphatic carbocycles. The van der Waals surface area contributed by atoms with Crippen molar-refractivity contribution in [1.82, 2.24) is 0 Å².